The maximum Gasteiger partial charge on any atom is 0.306 e. The highest BCUT2D eigenvalue weighted by Crippen LogP contribution is 2.70. The van der Waals surface area contributed by atoms with E-state index >= 15 is 0 Å². The second kappa shape index (κ2) is 8.59. The van der Waals surface area contributed by atoms with Crippen LogP contribution in [0.5, 0.6) is 0 Å². The van der Waals surface area contributed by atoms with Crippen molar-refractivity contribution >= 4 is 23.9 Å². The molecule has 36 heavy (non-hydrogen) atoms. The maximum atomic E-state index is 12.4. The van der Waals surface area contributed by atoms with Gasteiger partial charge in [0.1, 0.15) is 23.9 Å². The number of esters is 4. The third-order valence-electron chi connectivity index (χ3n) is 10.3. The molecule has 0 aromatic carbocycles. The van der Waals surface area contributed by atoms with E-state index in [9.17, 15) is 19.2 Å². The molecule has 9 atom stereocenters. The molecule has 4 aliphatic carbocycles. The first-order valence-electron chi connectivity index (χ1n) is 13.3. The van der Waals surface area contributed by atoms with Gasteiger partial charge in [-0.3, -0.25) is 19.2 Å². The predicted molar refractivity (Wildman–Crippen MR) is 127 cm³/mol. The molecule has 5 rings (SSSR count). The van der Waals surface area contributed by atoms with Crippen molar-refractivity contribution in [3.63, 3.8) is 0 Å². The standard InChI is InChI=1S/C28H38O8/c1-15(29)33-19-6-9-26(4)18(12-19)13-21(34-16(2)30)24-20-7-10-28(11-8-23(32)36-28)27(20,5)14-22(25(24)26)35-17(3)31/h13,19-22,24-25H,6-12,14H2,1-5H3/t19-,20-,21-,22+,24+,25?,26-,27-,28?/m0/s1. The summed E-state index contributed by atoms with van der Waals surface area (Å²) in [6, 6.07) is 0. The maximum absolute atomic E-state index is 12.4. The van der Waals surface area contributed by atoms with Gasteiger partial charge in [-0.05, 0) is 55.9 Å². The molecular weight excluding hydrogens is 464 g/mol. The summed E-state index contributed by atoms with van der Waals surface area (Å²) >= 11 is 0. The topological polar surface area (TPSA) is 105 Å². The van der Waals surface area contributed by atoms with Crippen LogP contribution in [0.15, 0.2) is 11.6 Å². The smallest absolute Gasteiger partial charge is 0.306 e. The number of ether oxygens (including phenoxy) is 4. The van der Waals surface area contributed by atoms with E-state index in [-0.39, 0.29) is 53.1 Å². The van der Waals surface area contributed by atoms with Crippen molar-refractivity contribution in [3.05, 3.63) is 11.6 Å². The first kappa shape index (κ1) is 25.3. The van der Waals surface area contributed by atoms with E-state index in [2.05, 4.69) is 19.9 Å². The zero-order chi connectivity index (χ0) is 26.0. The Morgan fingerprint density at radius 2 is 1.64 bits per heavy atom. The van der Waals surface area contributed by atoms with Gasteiger partial charge in [-0.2, -0.15) is 0 Å². The van der Waals surface area contributed by atoms with Crippen molar-refractivity contribution in [1.82, 2.24) is 0 Å². The third-order valence-corrected chi connectivity index (χ3v) is 10.3. The van der Waals surface area contributed by atoms with Crippen LogP contribution in [0.3, 0.4) is 0 Å². The minimum Gasteiger partial charge on any atom is -0.462 e. The second-order valence-corrected chi connectivity index (χ2v) is 12.1. The minimum absolute atomic E-state index is 0.0608. The van der Waals surface area contributed by atoms with Crippen molar-refractivity contribution in [2.45, 2.75) is 110 Å². The van der Waals surface area contributed by atoms with Gasteiger partial charge in [0.15, 0.2) is 0 Å². The Kier molecular flexibility index (Phi) is 6.03. The summed E-state index contributed by atoms with van der Waals surface area (Å²) in [5.41, 5.74) is -0.151. The van der Waals surface area contributed by atoms with Gasteiger partial charge in [-0.1, -0.05) is 19.4 Å². The second-order valence-electron chi connectivity index (χ2n) is 12.1. The molecule has 4 fully saturated rings. The highest BCUT2D eigenvalue weighted by molar-refractivity contribution is 5.72. The molecule has 8 nitrogen and oxygen atoms in total. The molecule has 0 aromatic rings. The van der Waals surface area contributed by atoms with Crippen LogP contribution >= 0.6 is 0 Å². The third kappa shape index (κ3) is 3.77. The van der Waals surface area contributed by atoms with Gasteiger partial charge in [0, 0.05) is 50.9 Å². The molecule has 1 heterocycles. The molecule has 1 aliphatic heterocycles. The zero-order valence-electron chi connectivity index (χ0n) is 22.0. The molecule has 0 radical (unpaired) electrons. The molecule has 198 valence electrons. The molecule has 1 spiro atoms. The molecule has 8 heteroatoms. The van der Waals surface area contributed by atoms with Gasteiger partial charge in [0.25, 0.3) is 0 Å². The summed E-state index contributed by atoms with van der Waals surface area (Å²) in [5, 5.41) is 0. The average molecular weight is 503 g/mol. The fourth-order valence-electron chi connectivity index (χ4n) is 8.92. The van der Waals surface area contributed by atoms with E-state index in [1.165, 1.54) is 20.8 Å². The van der Waals surface area contributed by atoms with Gasteiger partial charge >= 0.3 is 23.9 Å². The van der Waals surface area contributed by atoms with E-state index in [0.717, 1.165) is 31.3 Å². The van der Waals surface area contributed by atoms with Crippen LogP contribution in [-0.4, -0.2) is 47.8 Å². The largest absolute Gasteiger partial charge is 0.462 e. The lowest BCUT2D eigenvalue weighted by atomic mass is 9.45. The summed E-state index contributed by atoms with van der Waals surface area (Å²) < 4.78 is 23.7. The van der Waals surface area contributed by atoms with Crippen LogP contribution in [0.4, 0.5) is 0 Å². The monoisotopic (exact) mass is 502 g/mol. The Labute approximate surface area is 212 Å². The van der Waals surface area contributed by atoms with Gasteiger partial charge in [0.05, 0.1) is 0 Å². The average Bonchev–Trinajstić information content (AvgIpc) is 3.27. The van der Waals surface area contributed by atoms with Gasteiger partial charge in [-0.25, -0.2) is 0 Å². The molecule has 0 N–H and O–H groups in total. The van der Waals surface area contributed by atoms with Crippen molar-refractivity contribution in [2.24, 2.45) is 28.6 Å². The minimum atomic E-state index is -0.573. The Morgan fingerprint density at radius 3 is 2.25 bits per heavy atom. The number of fused-ring (bicyclic) bond motifs is 6. The zero-order valence-corrected chi connectivity index (χ0v) is 22.0. The number of hydrogen-bond acceptors (Lipinski definition) is 8. The number of carbonyl (C=O) groups excluding carboxylic acids is 4. The summed E-state index contributed by atoms with van der Waals surface area (Å²) in [5.74, 6) is -1.16. The Bertz CT molecular complexity index is 1020. The van der Waals surface area contributed by atoms with Crippen LogP contribution in [0.2, 0.25) is 0 Å². The number of rotatable bonds is 3. The van der Waals surface area contributed by atoms with Crippen molar-refractivity contribution in [1.29, 1.82) is 0 Å². The lowest BCUT2D eigenvalue weighted by Crippen LogP contribution is -2.63. The lowest BCUT2D eigenvalue weighted by Gasteiger charge is -2.62. The Balaban J connectivity index is 1.61. The van der Waals surface area contributed by atoms with E-state index in [1.54, 1.807) is 0 Å². The van der Waals surface area contributed by atoms with Crippen molar-refractivity contribution in [3.8, 4) is 0 Å². The normalized spacial score (nSPS) is 45.0. The fourth-order valence-corrected chi connectivity index (χ4v) is 8.92. The molecule has 2 unspecified atom stereocenters. The van der Waals surface area contributed by atoms with E-state index in [4.69, 9.17) is 18.9 Å². The van der Waals surface area contributed by atoms with Gasteiger partial charge in [0.2, 0.25) is 0 Å². The predicted octanol–water partition coefficient (Wildman–Crippen LogP) is 4.04. The van der Waals surface area contributed by atoms with E-state index < -0.39 is 23.2 Å². The fraction of sp³-hybridized carbons (Fsp3) is 0.786. The first-order chi connectivity index (χ1) is 16.9. The highest BCUT2D eigenvalue weighted by Gasteiger charge is 2.71. The van der Waals surface area contributed by atoms with Crippen LogP contribution in [0, 0.1) is 28.6 Å². The number of carbonyl (C=O) groups is 4. The van der Waals surface area contributed by atoms with Gasteiger partial charge < -0.3 is 18.9 Å². The molecule has 0 aromatic heterocycles. The summed E-state index contributed by atoms with van der Waals surface area (Å²) in [6.45, 7) is 8.69. The lowest BCUT2D eigenvalue weighted by molar-refractivity contribution is -0.209. The molecule has 0 bridgehead atoms. The van der Waals surface area contributed by atoms with Crippen LogP contribution in [-0.2, 0) is 38.1 Å². The SMILES string of the molecule is CC(=O)O[C@H]1CC[C@@]2(C)C(=C[C@H](OC(C)=O)[C@@H]3C2[C@H](OC(C)=O)C[C@@]2(C)[C@H]3CCC23CCC(=O)O3)C1. The molecule has 0 amide bonds. The molecule has 1 saturated heterocycles. The van der Waals surface area contributed by atoms with Crippen molar-refractivity contribution < 1.29 is 38.1 Å². The van der Waals surface area contributed by atoms with Crippen molar-refractivity contribution in [2.75, 3.05) is 0 Å². The van der Waals surface area contributed by atoms with Crippen LogP contribution < -0.4 is 0 Å². The highest BCUT2D eigenvalue weighted by atomic mass is 16.6. The van der Waals surface area contributed by atoms with Crippen LogP contribution in [0.1, 0.15) is 86.0 Å². The summed E-state index contributed by atoms with van der Waals surface area (Å²) in [7, 11) is 0. The quantitative estimate of drug-likeness (QED) is 0.323. The number of hydrogen-bond donors (Lipinski definition) is 0. The first-order valence-corrected chi connectivity index (χ1v) is 13.3. The molecule has 3 saturated carbocycles. The molecule has 5 aliphatic rings. The molecular formula is C28H38O8. The van der Waals surface area contributed by atoms with E-state index in [0.29, 0.717) is 25.7 Å². The van der Waals surface area contributed by atoms with E-state index in [1.807, 2.05) is 0 Å². The Morgan fingerprint density at radius 1 is 0.944 bits per heavy atom. The summed E-state index contributed by atoms with van der Waals surface area (Å²) in [4.78, 5) is 48.6. The van der Waals surface area contributed by atoms with Gasteiger partial charge in [-0.15, -0.1) is 0 Å². The van der Waals surface area contributed by atoms with Crippen LogP contribution in [0.25, 0.3) is 0 Å². The summed E-state index contributed by atoms with van der Waals surface area (Å²) in [6.07, 6.45) is 6.38. The Hall–Kier alpha value is -2.38.